The second-order valence-corrected chi connectivity index (χ2v) is 5.85. The smallest absolute Gasteiger partial charge is 0.442 e. The zero-order valence-corrected chi connectivity index (χ0v) is 14.5. The van der Waals surface area contributed by atoms with Crippen LogP contribution in [0.4, 0.5) is 0 Å². The van der Waals surface area contributed by atoms with Crippen molar-refractivity contribution in [3.05, 3.63) is 76.5 Å². The molecule has 4 rings (SSSR count). The van der Waals surface area contributed by atoms with Crippen molar-refractivity contribution >= 4 is 16.9 Å². The number of hydrogen-bond acceptors (Lipinski definition) is 6. The van der Waals surface area contributed by atoms with Crippen molar-refractivity contribution in [2.24, 2.45) is 0 Å². The molecule has 0 amide bonds. The van der Waals surface area contributed by atoms with Crippen LogP contribution in [0.25, 0.3) is 22.4 Å². The number of hydrogen-bond donors (Lipinski definition) is 0. The summed E-state index contributed by atoms with van der Waals surface area (Å²) in [5.74, 6) is -0.741. The van der Waals surface area contributed by atoms with Gasteiger partial charge in [0.15, 0.2) is 5.82 Å². The summed E-state index contributed by atoms with van der Waals surface area (Å²) < 4.78 is 17.0. The molecule has 2 aromatic carbocycles. The summed E-state index contributed by atoms with van der Waals surface area (Å²) in [6, 6.07) is 16.5. The molecule has 136 valence electrons. The summed E-state index contributed by atoms with van der Waals surface area (Å²) in [4.78, 5) is 24.6. The highest BCUT2D eigenvalue weighted by Crippen LogP contribution is 2.28. The van der Waals surface area contributed by atoms with Gasteiger partial charge in [0.05, 0.1) is 13.2 Å². The number of ether oxygens (including phenoxy) is 1. The van der Waals surface area contributed by atoms with Crippen molar-refractivity contribution in [3.63, 3.8) is 0 Å². The minimum Gasteiger partial charge on any atom is -0.460 e. The van der Waals surface area contributed by atoms with Crippen LogP contribution in [0.3, 0.4) is 0 Å². The van der Waals surface area contributed by atoms with E-state index in [1.807, 2.05) is 48.5 Å². The Labute approximate surface area is 153 Å². The van der Waals surface area contributed by atoms with Gasteiger partial charge in [-0.2, -0.15) is 0 Å². The molecule has 0 atom stereocenters. The van der Waals surface area contributed by atoms with Gasteiger partial charge >= 0.3 is 11.7 Å². The van der Waals surface area contributed by atoms with Gasteiger partial charge in [-0.25, -0.2) is 9.59 Å². The van der Waals surface area contributed by atoms with E-state index in [9.17, 15) is 9.59 Å². The maximum absolute atomic E-state index is 12.4. The molecule has 7 heteroatoms. The Hall–Kier alpha value is -3.61. The fourth-order valence-corrected chi connectivity index (χ4v) is 2.98. The highest BCUT2D eigenvalue weighted by molar-refractivity contribution is 5.96. The number of benzene rings is 2. The lowest BCUT2D eigenvalue weighted by atomic mass is 10.1. The normalized spacial score (nSPS) is 11.0. The molecule has 7 nitrogen and oxygen atoms in total. The quantitative estimate of drug-likeness (QED) is 0.504. The number of aromatic nitrogens is 2. The minimum atomic E-state index is -0.617. The lowest BCUT2D eigenvalue weighted by Gasteiger charge is -2.06. The van der Waals surface area contributed by atoms with Gasteiger partial charge < -0.3 is 9.15 Å². The van der Waals surface area contributed by atoms with E-state index in [0.29, 0.717) is 17.0 Å². The molecule has 0 aliphatic heterocycles. The summed E-state index contributed by atoms with van der Waals surface area (Å²) in [5.41, 5.74) is 1.82. The second-order valence-electron chi connectivity index (χ2n) is 5.85. The molecule has 0 fully saturated rings. The van der Waals surface area contributed by atoms with Crippen molar-refractivity contribution in [2.45, 2.75) is 13.5 Å². The molecule has 4 aromatic rings. The summed E-state index contributed by atoms with van der Waals surface area (Å²) in [7, 11) is 0. The van der Waals surface area contributed by atoms with Gasteiger partial charge in [-0.15, -0.1) is 0 Å². The van der Waals surface area contributed by atoms with Crippen molar-refractivity contribution in [1.82, 2.24) is 9.72 Å². The predicted octanol–water partition coefficient (Wildman–Crippen LogP) is 3.47. The molecule has 0 aliphatic carbocycles. The van der Waals surface area contributed by atoms with Gasteiger partial charge in [0.1, 0.15) is 5.58 Å². The third kappa shape index (κ3) is 3.03. The maximum atomic E-state index is 12.4. The van der Waals surface area contributed by atoms with Crippen LogP contribution in [0.5, 0.6) is 0 Å². The Balaban J connectivity index is 1.85. The number of para-hydroxylation sites is 1. The molecule has 0 aliphatic rings. The summed E-state index contributed by atoms with van der Waals surface area (Å²) in [6.07, 6.45) is 0. The van der Waals surface area contributed by atoms with E-state index < -0.39 is 11.7 Å². The molecule has 0 saturated heterocycles. The van der Waals surface area contributed by atoms with Gasteiger partial charge in [-0.3, -0.25) is 9.09 Å². The fourth-order valence-electron chi connectivity index (χ4n) is 2.98. The number of fused-ring (bicyclic) bond motifs is 1. The first-order valence-corrected chi connectivity index (χ1v) is 8.48. The number of rotatable bonds is 5. The first kappa shape index (κ1) is 16.8. The summed E-state index contributed by atoms with van der Waals surface area (Å²) >= 11 is 0. The summed E-state index contributed by atoms with van der Waals surface area (Å²) in [6.45, 7) is 2.01. The zero-order chi connectivity index (χ0) is 18.8. The van der Waals surface area contributed by atoms with Crippen LogP contribution >= 0.6 is 0 Å². The number of carbonyl (C=O) groups is 1. The molecule has 0 bridgehead atoms. The lowest BCUT2D eigenvalue weighted by Crippen LogP contribution is -2.18. The van der Waals surface area contributed by atoms with E-state index in [1.165, 1.54) is 4.57 Å². The Kier molecular flexibility index (Phi) is 4.33. The first-order valence-electron chi connectivity index (χ1n) is 8.48. The molecule has 0 spiro atoms. The van der Waals surface area contributed by atoms with Crippen LogP contribution < -0.4 is 5.76 Å². The third-order valence-electron chi connectivity index (χ3n) is 4.19. The Morgan fingerprint density at radius 3 is 2.63 bits per heavy atom. The zero-order valence-electron chi connectivity index (χ0n) is 14.5. The van der Waals surface area contributed by atoms with Crippen LogP contribution in [0.2, 0.25) is 0 Å². The highest BCUT2D eigenvalue weighted by Gasteiger charge is 2.24. The standard InChI is InChI=1S/C20H16N2O5/c1-2-25-19(23)17-15(14-10-6-7-11-16(14)26-17)12-22-18(21-27-20(22)24)13-8-4-3-5-9-13/h3-11H,2,12H2,1H3. The van der Waals surface area contributed by atoms with E-state index in [2.05, 4.69) is 5.16 Å². The number of esters is 1. The number of furan rings is 1. The average molecular weight is 364 g/mol. The minimum absolute atomic E-state index is 0.0672. The topological polar surface area (TPSA) is 87.5 Å². The van der Waals surface area contributed by atoms with E-state index >= 15 is 0 Å². The Morgan fingerprint density at radius 1 is 1.11 bits per heavy atom. The molecule has 0 N–H and O–H groups in total. The van der Waals surface area contributed by atoms with Crippen LogP contribution in [0.1, 0.15) is 23.0 Å². The number of carbonyl (C=O) groups excluding carboxylic acids is 1. The Morgan fingerprint density at radius 2 is 1.85 bits per heavy atom. The molecule has 0 unspecified atom stereocenters. The van der Waals surface area contributed by atoms with Crippen molar-refractivity contribution in [2.75, 3.05) is 6.61 Å². The number of nitrogens with zero attached hydrogens (tertiary/aromatic N) is 2. The van der Waals surface area contributed by atoms with Gasteiger partial charge in [0, 0.05) is 16.5 Å². The predicted molar refractivity (Wildman–Crippen MR) is 97.5 cm³/mol. The van der Waals surface area contributed by atoms with E-state index in [1.54, 1.807) is 13.0 Å². The molecule has 2 heterocycles. The van der Waals surface area contributed by atoms with E-state index in [-0.39, 0.29) is 18.9 Å². The third-order valence-corrected chi connectivity index (χ3v) is 4.19. The van der Waals surface area contributed by atoms with Crippen molar-refractivity contribution in [3.8, 4) is 11.4 Å². The van der Waals surface area contributed by atoms with Crippen LogP contribution in [-0.4, -0.2) is 22.3 Å². The summed E-state index contributed by atoms with van der Waals surface area (Å²) in [5, 5.41) is 4.62. The fraction of sp³-hybridized carbons (Fsp3) is 0.150. The van der Waals surface area contributed by atoms with Crippen molar-refractivity contribution < 1.29 is 18.5 Å². The van der Waals surface area contributed by atoms with Gasteiger partial charge in [-0.1, -0.05) is 53.7 Å². The molecular weight excluding hydrogens is 348 g/mol. The van der Waals surface area contributed by atoms with E-state index in [4.69, 9.17) is 13.7 Å². The SMILES string of the molecule is CCOC(=O)c1oc2ccccc2c1Cn1c(-c2ccccc2)noc1=O. The largest absolute Gasteiger partial charge is 0.460 e. The van der Waals surface area contributed by atoms with Crippen LogP contribution in [0, 0.1) is 0 Å². The molecule has 27 heavy (non-hydrogen) atoms. The van der Waals surface area contributed by atoms with Gasteiger partial charge in [-0.05, 0) is 13.0 Å². The molecular formula is C20H16N2O5. The first-order chi connectivity index (χ1) is 13.2. The Bertz CT molecular complexity index is 1150. The van der Waals surface area contributed by atoms with Crippen molar-refractivity contribution in [1.29, 1.82) is 0 Å². The highest BCUT2D eigenvalue weighted by atomic mass is 16.5. The lowest BCUT2D eigenvalue weighted by molar-refractivity contribution is 0.0490. The molecule has 0 radical (unpaired) electrons. The van der Waals surface area contributed by atoms with Crippen LogP contribution in [-0.2, 0) is 11.3 Å². The average Bonchev–Trinajstić information content (AvgIpc) is 3.24. The molecule has 2 aromatic heterocycles. The second kappa shape index (κ2) is 6.95. The maximum Gasteiger partial charge on any atom is 0.442 e. The monoisotopic (exact) mass is 364 g/mol. The van der Waals surface area contributed by atoms with Gasteiger partial charge in [0.2, 0.25) is 5.76 Å². The van der Waals surface area contributed by atoms with Crippen LogP contribution in [0.15, 0.2) is 68.3 Å². The van der Waals surface area contributed by atoms with E-state index in [0.717, 1.165) is 10.9 Å². The van der Waals surface area contributed by atoms with Gasteiger partial charge in [0.25, 0.3) is 0 Å². The molecule has 0 saturated carbocycles.